The normalized spacial score (nSPS) is 15.9. The van der Waals surface area contributed by atoms with Crippen LogP contribution in [0.4, 0.5) is 0 Å². The molecule has 0 heterocycles. The SMILES string of the molecule is CC(NC1CC1)c1ccc2ccccc2c1OCC(N)=O. The number of carbonyl (C=O) groups excluding carboxylic acids is 1. The van der Waals surface area contributed by atoms with Crippen LogP contribution in [0.2, 0.25) is 0 Å². The van der Waals surface area contributed by atoms with E-state index in [1.807, 2.05) is 24.3 Å². The largest absolute Gasteiger partial charge is 0.483 e. The predicted octanol–water partition coefficient (Wildman–Crippen LogP) is 2.52. The summed E-state index contributed by atoms with van der Waals surface area (Å²) in [6.45, 7) is 2.02. The number of hydrogen-bond acceptors (Lipinski definition) is 3. The van der Waals surface area contributed by atoms with Gasteiger partial charge in [-0.05, 0) is 25.2 Å². The quantitative estimate of drug-likeness (QED) is 0.856. The molecule has 0 radical (unpaired) electrons. The van der Waals surface area contributed by atoms with E-state index in [0.717, 1.165) is 22.1 Å². The number of fused-ring (bicyclic) bond motifs is 1. The van der Waals surface area contributed by atoms with Crippen molar-refractivity contribution in [2.45, 2.75) is 31.8 Å². The van der Waals surface area contributed by atoms with Gasteiger partial charge in [0, 0.05) is 23.0 Å². The van der Waals surface area contributed by atoms with Crippen LogP contribution in [0.25, 0.3) is 10.8 Å². The molecular weight excluding hydrogens is 264 g/mol. The third kappa shape index (κ3) is 3.16. The first-order chi connectivity index (χ1) is 10.1. The number of ether oxygens (including phenoxy) is 1. The predicted molar refractivity (Wildman–Crippen MR) is 83.2 cm³/mol. The number of nitrogens with one attached hydrogen (secondary N) is 1. The Kier molecular flexibility index (Phi) is 3.80. The van der Waals surface area contributed by atoms with E-state index in [0.29, 0.717) is 6.04 Å². The maximum atomic E-state index is 11.1. The maximum Gasteiger partial charge on any atom is 0.255 e. The van der Waals surface area contributed by atoms with Gasteiger partial charge in [-0.25, -0.2) is 0 Å². The van der Waals surface area contributed by atoms with Gasteiger partial charge in [-0.2, -0.15) is 0 Å². The van der Waals surface area contributed by atoms with Gasteiger partial charge in [0.25, 0.3) is 5.91 Å². The van der Waals surface area contributed by atoms with Gasteiger partial charge in [0.15, 0.2) is 6.61 Å². The fraction of sp³-hybridized carbons (Fsp3) is 0.353. The molecule has 3 N–H and O–H groups in total. The summed E-state index contributed by atoms with van der Waals surface area (Å²) in [5, 5.41) is 5.68. The Morgan fingerprint density at radius 2 is 2.10 bits per heavy atom. The minimum absolute atomic E-state index is 0.100. The maximum absolute atomic E-state index is 11.1. The van der Waals surface area contributed by atoms with E-state index in [9.17, 15) is 4.79 Å². The highest BCUT2D eigenvalue weighted by Gasteiger charge is 2.25. The molecule has 0 saturated heterocycles. The van der Waals surface area contributed by atoms with Gasteiger partial charge in [-0.15, -0.1) is 0 Å². The van der Waals surface area contributed by atoms with Crippen LogP contribution in [0.1, 0.15) is 31.4 Å². The number of primary amides is 1. The van der Waals surface area contributed by atoms with Crippen molar-refractivity contribution in [1.82, 2.24) is 5.32 Å². The molecule has 1 amide bonds. The van der Waals surface area contributed by atoms with E-state index in [2.05, 4.69) is 24.4 Å². The van der Waals surface area contributed by atoms with Crippen LogP contribution < -0.4 is 15.8 Å². The Bertz CT molecular complexity index is 665. The lowest BCUT2D eigenvalue weighted by atomic mass is 10.0. The highest BCUT2D eigenvalue weighted by Crippen LogP contribution is 2.35. The van der Waals surface area contributed by atoms with Gasteiger partial charge in [0.05, 0.1) is 0 Å². The second-order valence-corrected chi connectivity index (χ2v) is 5.62. The Morgan fingerprint density at radius 3 is 2.81 bits per heavy atom. The zero-order valence-electron chi connectivity index (χ0n) is 12.1. The molecular formula is C17H20N2O2. The second kappa shape index (κ2) is 5.74. The van der Waals surface area contributed by atoms with E-state index in [4.69, 9.17) is 10.5 Å². The molecule has 1 atom stereocenters. The van der Waals surface area contributed by atoms with Gasteiger partial charge in [-0.3, -0.25) is 4.79 Å². The van der Waals surface area contributed by atoms with Gasteiger partial charge >= 0.3 is 0 Å². The molecule has 0 aromatic heterocycles. The molecule has 1 saturated carbocycles. The molecule has 3 rings (SSSR count). The fourth-order valence-corrected chi connectivity index (χ4v) is 2.60. The Balaban J connectivity index is 1.99. The van der Waals surface area contributed by atoms with Crippen LogP contribution in [0.3, 0.4) is 0 Å². The highest BCUT2D eigenvalue weighted by atomic mass is 16.5. The molecule has 2 aromatic carbocycles. The summed E-state index contributed by atoms with van der Waals surface area (Å²) in [6, 6.07) is 13.0. The summed E-state index contributed by atoms with van der Waals surface area (Å²) in [7, 11) is 0. The van der Waals surface area contributed by atoms with Gasteiger partial charge in [0.2, 0.25) is 0 Å². The van der Waals surface area contributed by atoms with Crippen molar-refractivity contribution >= 4 is 16.7 Å². The number of carbonyl (C=O) groups is 1. The first kappa shape index (κ1) is 13.9. The molecule has 4 nitrogen and oxygen atoms in total. The van der Waals surface area contributed by atoms with Gasteiger partial charge in [0.1, 0.15) is 5.75 Å². The number of hydrogen-bond donors (Lipinski definition) is 2. The van der Waals surface area contributed by atoms with Crippen LogP contribution >= 0.6 is 0 Å². The van der Waals surface area contributed by atoms with E-state index < -0.39 is 5.91 Å². The van der Waals surface area contributed by atoms with Crippen LogP contribution in [-0.4, -0.2) is 18.6 Å². The Morgan fingerprint density at radius 1 is 1.33 bits per heavy atom. The molecule has 1 unspecified atom stereocenters. The molecule has 4 heteroatoms. The van der Waals surface area contributed by atoms with E-state index in [1.165, 1.54) is 12.8 Å². The number of amides is 1. The van der Waals surface area contributed by atoms with Gasteiger partial charge in [-0.1, -0.05) is 36.4 Å². The van der Waals surface area contributed by atoms with Crippen LogP contribution in [0.5, 0.6) is 5.75 Å². The topological polar surface area (TPSA) is 64.3 Å². The summed E-state index contributed by atoms with van der Waals surface area (Å²) in [4.78, 5) is 11.1. The standard InChI is InChI=1S/C17H20N2O2/c1-11(19-13-7-8-13)14-9-6-12-4-2-3-5-15(12)17(14)21-10-16(18)20/h2-6,9,11,13,19H,7-8,10H2,1H3,(H2,18,20). The molecule has 110 valence electrons. The zero-order valence-corrected chi connectivity index (χ0v) is 12.1. The summed E-state index contributed by atoms with van der Waals surface area (Å²) in [6.07, 6.45) is 2.46. The van der Waals surface area contributed by atoms with Gasteiger partial charge < -0.3 is 15.8 Å². The highest BCUT2D eigenvalue weighted by molar-refractivity contribution is 5.90. The first-order valence-corrected chi connectivity index (χ1v) is 7.34. The van der Waals surface area contributed by atoms with E-state index in [-0.39, 0.29) is 12.6 Å². The third-order valence-corrected chi connectivity index (χ3v) is 3.80. The average molecular weight is 284 g/mol. The number of rotatable bonds is 6. The van der Waals surface area contributed by atoms with Crippen molar-refractivity contribution in [3.05, 3.63) is 42.0 Å². The lowest BCUT2D eigenvalue weighted by molar-refractivity contribution is -0.119. The molecule has 0 spiro atoms. The lowest BCUT2D eigenvalue weighted by Crippen LogP contribution is -2.23. The zero-order chi connectivity index (χ0) is 14.8. The second-order valence-electron chi connectivity index (χ2n) is 5.62. The van der Waals surface area contributed by atoms with Crippen molar-refractivity contribution in [2.75, 3.05) is 6.61 Å². The molecule has 1 fully saturated rings. The lowest BCUT2D eigenvalue weighted by Gasteiger charge is -2.19. The van der Waals surface area contributed by atoms with Crippen molar-refractivity contribution in [3.8, 4) is 5.75 Å². The van der Waals surface area contributed by atoms with Crippen LogP contribution in [0.15, 0.2) is 36.4 Å². The summed E-state index contributed by atoms with van der Waals surface area (Å²) < 4.78 is 5.72. The summed E-state index contributed by atoms with van der Waals surface area (Å²) in [5.41, 5.74) is 6.29. The fourth-order valence-electron chi connectivity index (χ4n) is 2.60. The molecule has 0 bridgehead atoms. The van der Waals surface area contributed by atoms with Crippen LogP contribution in [-0.2, 0) is 4.79 Å². The van der Waals surface area contributed by atoms with E-state index >= 15 is 0 Å². The summed E-state index contributed by atoms with van der Waals surface area (Å²) in [5.74, 6) is 0.296. The Hall–Kier alpha value is -2.07. The average Bonchev–Trinajstić information content (AvgIpc) is 3.28. The van der Waals surface area contributed by atoms with Crippen molar-refractivity contribution in [1.29, 1.82) is 0 Å². The Labute approximate surface area is 124 Å². The first-order valence-electron chi connectivity index (χ1n) is 7.34. The summed E-state index contributed by atoms with van der Waals surface area (Å²) >= 11 is 0. The minimum atomic E-state index is -0.461. The molecule has 1 aliphatic rings. The number of nitrogens with two attached hydrogens (primary N) is 1. The molecule has 21 heavy (non-hydrogen) atoms. The molecule has 0 aliphatic heterocycles. The number of benzene rings is 2. The van der Waals surface area contributed by atoms with Crippen molar-refractivity contribution < 1.29 is 9.53 Å². The van der Waals surface area contributed by atoms with Crippen molar-refractivity contribution in [3.63, 3.8) is 0 Å². The van der Waals surface area contributed by atoms with Crippen molar-refractivity contribution in [2.24, 2.45) is 5.73 Å². The third-order valence-electron chi connectivity index (χ3n) is 3.80. The van der Waals surface area contributed by atoms with Crippen LogP contribution in [0, 0.1) is 0 Å². The molecule has 1 aliphatic carbocycles. The monoisotopic (exact) mass is 284 g/mol. The molecule has 2 aromatic rings. The smallest absolute Gasteiger partial charge is 0.255 e. The minimum Gasteiger partial charge on any atom is -0.483 e. The van der Waals surface area contributed by atoms with E-state index in [1.54, 1.807) is 0 Å².